The van der Waals surface area contributed by atoms with Crippen LogP contribution >= 0.6 is 0 Å². The van der Waals surface area contributed by atoms with Crippen LogP contribution in [0.5, 0.6) is 0 Å². The Kier molecular flexibility index (Phi) is 4.91. The minimum Gasteiger partial charge on any atom is -0.463 e. The van der Waals surface area contributed by atoms with Gasteiger partial charge in [-0.15, -0.1) is 0 Å². The molecule has 1 N–H and O–H groups in total. The van der Waals surface area contributed by atoms with Crippen LogP contribution in [0, 0.1) is 18.8 Å². The molecule has 1 fully saturated rings. The summed E-state index contributed by atoms with van der Waals surface area (Å²) in [5, 5.41) is 3.34. The predicted octanol–water partition coefficient (Wildman–Crippen LogP) is 4.90. The number of para-hydroxylation sites is 1. The summed E-state index contributed by atoms with van der Waals surface area (Å²) in [6.07, 6.45) is 4.92. The van der Waals surface area contributed by atoms with Gasteiger partial charge in [0.05, 0.1) is 18.3 Å². The van der Waals surface area contributed by atoms with Gasteiger partial charge in [0, 0.05) is 23.9 Å². The topological polar surface area (TPSA) is 67.5 Å². The number of rotatable bonds is 3. The molecule has 0 radical (unpaired) electrons. The number of aromatic nitrogens is 1. The Morgan fingerprint density at radius 2 is 1.97 bits per heavy atom. The number of hydrogen-bond donors (Lipinski definition) is 1. The molecular formula is C26H31N3O3. The fourth-order valence-electron chi connectivity index (χ4n) is 5.51. The summed E-state index contributed by atoms with van der Waals surface area (Å²) < 4.78 is 7.50. The van der Waals surface area contributed by atoms with Crippen LogP contribution in [0.1, 0.15) is 56.1 Å². The Labute approximate surface area is 188 Å². The molecule has 5 rings (SSSR count). The average Bonchev–Trinajstić information content (AvgIpc) is 3.35. The summed E-state index contributed by atoms with van der Waals surface area (Å²) in [5.41, 5.74) is 2.72. The first-order valence-corrected chi connectivity index (χ1v) is 11.6. The SMILES string of the molecule is Cc1ccccc1N1C(=O)c2cc3occc3n2C[C@]1(C)C(=O)N[C@@H]1CCC[C@@H](C)[C@H]1C. The molecule has 2 aromatic heterocycles. The van der Waals surface area contributed by atoms with Crippen LogP contribution in [-0.4, -0.2) is 28.0 Å². The van der Waals surface area contributed by atoms with Crippen LogP contribution in [0.2, 0.25) is 0 Å². The maximum Gasteiger partial charge on any atom is 0.276 e. The lowest BCUT2D eigenvalue weighted by atomic mass is 9.77. The molecule has 32 heavy (non-hydrogen) atoms. The van der Waals surface area contributed by atoms with Gasteiger partial charge >= 0.3 is 0 Å². The highest BCUT2D eigenvalue weighted by Crippen LogP contribution is 2.38. The molecule has 0 spiro atoms. The maximum absolute atomic E-state index is 13.9. The average molecular weight is 434 g/mol. The lowest BCUT2D eigenvalue weighted by Gasteiger charge is -2.46. The molecule has 0 unspecified atom stereocenters. The first-order chi connectivity index (χ1) is 15.3. The highest BCUT2D eigenvalue weighted by atomic mass is 16.3. The zero-order valence-corrected chi connectivity index (χ0v) is 19.2. The smallest absolute Gasteiger partial charge is 0.276 e. The molecule has 4 atom stereocenters. The fourth-order valence-corrected chi connectivity index (χ4v) is 5.51. The van der Waals surface area contributed by atoms with Crippen LogP contribution < -0.4 is 10.2 Å². The van der Waals surface area contributed by atoms with Gasteiger partial charge in [-0.25, -0.2) is 0 Å². The highest BCUT2D eigenvalue weighted by molar-refractivity contribution is 6.14. The monoisotopic (exact) mass is 433 g/mol. The van der Waals surface area contributed by atoms with Gasteiger partial charge in [-0.1, -0.05) is 44.9 Å². The van der Waals surface area contributed by atoms with E-state index >= 15 is 0 Å². The van der Waals surface area contributed by atoms with E-state index in [1.54, 1.807) is 17.2 Å². The van der Waals surface area contributed by atoms with Gasteiger partial charge in [0.15, 0.2) is 5.58 Å². The van der Waals surface area contributed by atoms with Gasteiger partial charge in [-0.05, 0) is 43.7 Å². The van der Waals surface area contributed by atoms with E-state index in [0.29, 0.717) is 29.7 Å². The van der Waals surface area contributed by atoms with Gasteiger partial charge < -0.3 is 14.3 Å². The largest absolute Gasteiger partial charge is 0.463 e. The molecule has 1 saturated carbocycles. The van der Waals surface area contributed by atoms with Crippen molar-refractivity contribution in [1.82, 2.24) is 9.88 Å². The standard InChI is InChI=1S/C26H31N3O3/c1-16-9-7-10-19(18(16)3)27-25(31)26(4)15-28-21-12-13-32-23(21)14-22(28)24(30)29(26)20-11-6-5-8-17(20)2/h5-6,8,11-14,16,18-19H,7,9-10,15H2,1-4H3,(H,27,31)/t16-,18-,19-,26-/m1/s1. The Morgan fingerprint density at radius 3 is 2.75 bits per heavy atom. The quantitative estimate of drug-likeness (QED) is 0.639. The number of nitrogens with one attached hydrogen (secondary N) is 1. The first kappa shape index (κ1) is 20.9. The number of fused-ring (bicyclic) bond motifs is 3. The Bertz CT molecular complexity index is 1190. The third-order valence-corrected chi connectivity index (χ3v) is 7.77. The fraction of sp³-hybridized carbons (Fsp3) is 0.462. The second-order valence-electron chi connectivity index (χ2n) is 9.83. The van der Waals surface area contributed by atoms with Crippen LogP contribution in [0.4, 0.5) is 5.69 Å². The third kappa shape index (κ3) is 3.07. The molecule has 2 amide bonds. The number of carbonyl (C=O) groups is 2. The summed E-state index contributed by atoms with van der Waals surface area (Å²) in [7, 11) is 0. The number of anilines is 1. The van der Waals surface area contributed by atoms with Crippen molar-refractivity contribution in [3.8, 4) is 0 Å². The maximum atomic E-state index is 13.9. The second-order valence-corrected chi connectivity index (χ2v) is 9.83. The van der Waals surface area contributed by atoms with Crippen LogP contribution in [0.15, 0.2) is 47.1 Å². The van der Waals surface area contributed by atoms with E-state index in [2.05, 4.69) is 19.2 Å². The zero-order chi connectivity index (χ0) is 22.6. The molecule has 3 aromatic rings. The minimum absolute atomic E-state index is 0.101. The summed E-state index contributed by atoms with van der Waals surface area (Å²) in [6, 6.07) is 11.5. The van der Waals surface area contributed by atoms with Crippen LogP contribution in [0.25, 0.3) is 11.1 Å². The number of amides is 2. The van der Waals surface area contributed by atoms with Gasteiger partial charge in [0.2, 0.25) is 5.91 Å². The second kappa shape index (κ2) is 7.54. The van der Waals surface area contributed by atoms with E-state index < -0.39 is 5.54 Å². The molecule has 3 heterocycles. The number of nitrogens with zero attached hydrogens (tertiary/aromatic N) is 2. The molecule has 2 aliphatic rings. The number of carbonyl (C=O) groups excluding carboxylic acids is 2. The van der Waals surface area contributed by atoms with E-state index in [0.717, 1.165) is 29.6 Å². The number of furan rings is 1. The van der Waals surface area contributed by atoms with E-state index in [1.807, 2.05) is 48.7 Å². The van der Waals surface area contributed by atoms with Gasteiger partial charge in [0.25, 0.3) is 5.91 Å². The lowest BCUT2D eigenvalue weighted by molar-refractivity contribution is -0.128. The normalized spacial score (nSPS) is 28.1. The highest BCUT2D eigenvalue weighted by Gasteiger charge is 2.50. The van der Waals surface area contributed by atoms with Crippen molar-refractivity contribution < 1.29 is 14.0 Å². The number of hydrogen-bond acceptors (Lipinski definition) is 3. The molecule has 6 heteroatoms. The zero-order valence-electron chi connectivity index (χ0n) is 19.2. The van der Waals surface area contributed by atoms with Crippen molar-refractivity contribution in [3.63, 3.8) is 0 Å². The Morgan fingerprint density at radius 1 is 1.19 bits per heavy atom. The van der Waals surface area contributed by atoms with Crippen LogP contribution in [-0.2, 0) is 11.3 Å². The van der Waals surface area contributed by atoms with Crippen molar-refractivity contribution in [2.24, 2.45) is 11.8 Å². The van der Waals surface area contributed by atoms with E-state index in [-0.39, 0.29) is 17.9 Å². The van der Waals surface area contributed by atoms with Crippen molar-refractivity contribution in [1.29, 1.82) is 0 Å². The summed E-state index contributed by atoms with van der Waals surface area (Å²) in [5.74, 6) is 0.699. The summed E-state index contributed by atoms with van der Waals surface area (Å²) >= 11 is 0. The number of benzene rings is 1. The molecule has 1 aliphatic carbocycles. The molecule has 1 aromatic carbocycles. The minimum atomic E-state index is -1.07. The van der Waals surface area contributed by atoms with E-state index in [1.165, 1.54) is 6.42 Å². The van der Waals surface area contributed by atoms with Crippen molar-refractivity contribution >= 4 is 28.6 Å². The first-order valence-electron chi connectivity index (χ1n) is 11.6. The third-order valence-electron chi connectivity index (χ3n) is 7.77. The van der Waals surface area contributed by atoms with Gasteiger partial charge in [-0.3, -0.25) is 14.5 Å². The summed E-state index contributed by atoms with van der Waals surface area (Å²) in [4.78, 5) is 29.5. The van der Waals surface area contributed by atoms with Crippen molar-refractivity contribution in [2.75, 3.05) is 4.90 Å². The Hall–Kier alpha value is -3.02. The Balaban J connectivity index is 1.60. The molecule has 0 saturated heterocycles. The molecule has 1 aliphatic heterocycles. The lowest BCUT2D eigenvalue weighted by Crippen LogP contribution is -2.66. The van der Waals surface area contributed by atoms with Crippen LogP contribution in [0.3, 0.4) is 0 Å². The molecule has 6 nitrogen and oxygen atoms in total. The van der Waals surface area contributed by atoms with E-state index in [4.69, 9.17) is 4.42 Å². The number of aryl methyl sites for hydroxylation is 1. The van der Waals surface area contributed by atoms with Gasteiger partial charge in [0.1, 0.15) is 11.2 Å². The van der Waals surface area contributed by atoms with Gasteiger partial charge in [-0.2, -0.15) is 0 Å². The van der Waals surface area contributed by atoms with E-state index in [9.17, 15) is 9.59 Å². The molecule has 168 valence electrons. The summed E-state index contributed by atoms with van der Waals surface area (Å²) in [6.45, 7) is 8.72. The predicted molar refractivity (Wildman–Crippen MR) is 125 cm³/mol. The van der Waals surface area contributed by atoms with Crippen molar-refractivity contribution in [2.45, 2.75) is 65.1 Å². The molecular weight excluding hydrogens is 402 g/mol. The molecule has 0 bridgehead atoms. The van der Waals surface area contributed by atoms with Crippen molar-refractivity contribution in [3.05, 3.63) is 53.9 Å².